The van der Waals surface area contributed by atoms with Crippen molar-refractivity contribution in [2.45, 2.75) is 26.4 Å². The average Bonchev–Trinajstić information content (AvgIpc) is 3.21. The van der Waals surface area contributed by atoms with Gasteiger partial charge in [-0.2, -0.15) is 4.68 Å². The number of amides is 1. The number of carbonyl (C=O) groups excluding carboxylic acids is 1. The van der Waals surface area contributed by atoms with Gasteiger partial charge in [-0.3, -0.25) is 0 Å². The van der Waals surface area contributed by atoms with Gasteiger partial charge in [0.25, 0.3) is 0 Å². The van der Waals surface area contributed by atoms with Crippen LogP contribution in [-0.4, -0.2) is 55.8 Å². The molecular weight excluding hydrogens is 374 g/mol. The molecule has 0 aliphatic rings. The number of ether oxygens (including phenoxy) is 1. The van der Waals surface area contributed by atoms with Gasteiger partial charge in [0.1, 0.15) is 5.75 Å². The number of benzene rings is 2. The maximum Gasteiger partial charge on any atom is 0.412 e. The summed E-state index contributed by atoms with van der Waals surface area (Å²) in [5, 5.41) is 32.4. The summed E-state index contributed by atoms with van der Waals surface area (Å²) in [7, 11) is 0. The van der Waals surface area contributed by atoms with E-state index in [1.807, 2.05) is 44.2 Å². The largest absolute Gasteiger partial charge is 0.412 e. The summed E-state index contributed by atoms with van der Waals surface area (Å²) in [6, 6.07) is 13.3. The molecule has 1 aromatic heterocycles. The Labute approximate surface area is 167 Å². The zero-order valence-corrected chi connectivity index (χ0v) is 16.2. The highest BCUT2D eigenvalue weighted by Crippen LogP contribution is 2.28. The Kier molecular flexibility index (Phi) is 6.53. The van der Waals surface area contributed by atoms with Crippen LogP contribution in [0.4, 0.5) is 4.79 Å². The topological polar surface area (TPSA) is 122 Å². The fraction of sp³-hybridized carbons (Fsp3) is 0.300. The zero-order chi connectivity index (χ0) is 20.8. The van der Waals surface area contributed by atoms with Crippen molar-refractivity contribution in [3.63, 3.8) is 0 Å². The normalized spacial score (nSPS) is 11.9. The van der Waals surface area contributed by atoms with Gasteiger partial charge in [0.15, 0.2) is 5.82 Å². The summed E-state index contributed by atoms with van der Waals surface area (Å²) in [4.78, 5) is 12.1. The molecule has 9 nitrogen and oxygen atoms in total. The highest BCUT2D eigenvalue weighted by Gasteiger charge is 2.13. The molecule has 0 fully saturated rings. The number of nitrogens with one attached hydrogen (secondary N) is 1. The van der Waals surface area contributed by atoms with Crippen LogP contribution in [0.15, 0.2) is 42.5 Å². The molecule has 0 aliphatic heterocycles. The number of hydrogen-bond acceptors (Lipinski definition) is 7. The highest BCUT2D eigenvalue weighted by atomic mass is 16.6. The van der Waals surface area contributed by atoms with Crippen molar-refractivity contribution in [3.8, 4) is 22.6 Å². The molecule has 9 heteroatoms. The molecule has 0 saturated heterocycles. The fourth-order valence-electron chi connectivity index (χ4n) is 2.71. The SMILES string of the molecule is CCc1nnnn1-c1cc(OC(=O)NCC(O)CO)cc(-c2ccc(C)cc2)c1. The summed E-state index contributed by atoms with van der Waals surface area (Å²) < 4.78 is 6.98. The van der Waals surface area contributed by atoms with E-state index in [1.165, 1.54) is 0 Å². The Morgan fingerprint density at radius 1 is 1.21 bits per heavy atom. The maximum atomic E-state index is 12.1. The Bertz CT molecular complexity index is 971. The second-order valence-corrected chi connectivity index (χ2v) is 6.55. The van der Waals surface area contributed by atoms with E-state index in [-0.39, 0.29) is 6.54 Å². The number of aliphatic hydroxyl groups excluding tert-OH is 2. The Morgan fingerprint density at radius 3 is 2.66 bits per heavy atom. The number of carbonyl (C=O) groups is 1. The van der Waals surface area contributed by atoms with Gasteiger partial charge >= 0.3 is 6.09 Å². The lowest BCUT2D eigenvalue weighted by molar-refractivity contribution is 0.0937. The van der Waals surface area contributed by atoms with Gasteiger partial charge in [-0.15, -0.1) is 5.10 Å². The van der Waals surface area contributed by atoms with Crippen molar-refractivity contribution in [1.82, 2.24) is 25.5 Å². The molecular formula is C20H23N5O4. The van der Waals surface area contributed by atoms with Crippen LogP contribution in [-0.2, 0) is 6.42 Å². The third-order valence-electron chi connectivity index (χ3n) is 4.27. The first kappa shape index (κ1) is 20.4. The quantitative estimate of drug-likeness (QED) is 0.554. The molecule has 1 atom stereocenters. The molecule has 3 aromatic rings. The third-order valence-corrected chi connectivity index (χ3v) is 4.27. The average molecular weight is 397 g/mol. The van der Waals surface area contributed by atoms with Crippen LogP contribution in [0.5, 0.6) is 5.75 Å². The van der Waals surface area contributed by atoms with E-state index in [0.29, 0.717) is 23.7 Å². The monoisotopic (exact) mass is 397 g/mol. The van der Waals surface area contributed by atoms with Crippen molar-refractivity contribution in [2.24, 2.45) is 0 Å². The van der Waals surface area contributed by atoms with Gasteiger partial charge in [-0.05, 0) is 40.6 Å². The molecule has 3 rings (SSSR count). The molecule has 0 radical (unpaired) electrons. The van der Waals surface area contributed by atoms with E-state index in [4.69, 9.17) is 9.84 Å². The predicted molar refractivity (Wildman–Crippen MR) is 106 cm³/mol. The van der Waals surface area contributed by atoms with Gasteiger partial charge in [0.2, 0.25) is 0 Å². The van der Waals surface area contributed by atoms with Crippen LogP contribution in [0.25, 0.3) is 16.8 Å². The highest BCUT2D eigenvalue weighted by molar-refractivity contribution is 5.73. The first-order chi connectivity index (χ1) is 14.0. The smallest absolute Gasteiger partial charge is 0.410 e. The minimum atomic E-state index is -1.05. The van der Waals surface area contributed by atoms with E-state index in [9.17, 15) is 9.90 Å². The number of nitrogens with zero attached hydrogens (tertiary/aromatic N) is 4. The fourth-order valence-corrected chi connectivity index (χ4v) is 2.71. The van der Waals surface area contributed by atoms with Crippen molar-refractivity contribution in [3.05, 3.63) is 53.9 Å². The summed E-state index contributed by atoms with van der Waals surface area (Å²) >= 11 is 0. The van der Waals surface area contributed by atoms with E-state index in [0.717, 1.165) is 16.7 Å². The zero-order valence-electron chi connectivity index (χ0n) is 16.2. The van der Waals surface area contributed by atoms with Gasteiger partial charge in [-0.1, -0.05) is 36.8 Å². The van der Waals surface area contributed by atoms with Crippen molar-refractivity contribution >= 4 is 6.09 Å². The van der Waals surface area contributed by atoms with Gasteiger partial charge < -0.3 is 20.3 Å². The van der Waals surface area contributed by atoms with E-state index >= 15 is 0 Å². The van der Waals surface area contributed by atoms with E-state index in [1.54, 1.807) is 16.8 Å². The minimum Gasteiger partial charge on any atom is -0.410 e. The number of aromatic nitrogens is 4. The molecule has 0 bridgehead atoms. The van der Waals surface area contributed by atoms with Crippen LogP contribution in [0, 0.1) is 6.92 Å². The molecule has 29 heavy (non-hydrogen) atoms. The van der Waals surface area contributed by atoms with Crippen molar-refractivity contribution in [2.75, 3.05) is 13.2 Å². The van der Waals surface area contributed by atoms with Gasteiger partial charge in [-0.25, -0.2) is 4.79 Å². The van der Waals surface area contributed by atoms with E-state index in [2.05, 4.69) is 20.8 Å². The molecule has 2 aromatic carbocycles. The van der Waals surface area contributed by atoms with Crippen LogP contribution < -0.4 is 10.1 Å². The Morgan fingerprint density at radius 2 is 1.97 bits per heavy atom. The Hall–Kier alpha value is -3.30. The molecule has 3 N–H and O–H groups in total. The number of tetrazole rings is 1. The lowest BCUT2D eigenvalue weighted by atomic mass is 10.0. The van der Waals surface area contributed by atoms with Crippen LogP contribution in [0.2, 0.25) is 0 Å². The maximum absolute atomic E-state index is 12.1. The minimum absolute atomic E-state index is 0.118. The summed E-state index contributed by atoms with van der Waals surface area (Å²) in [5.41, 5.74) is 3.57. The molecule has 0 saturated carbocycles. The van der Waals surface area contributed by atoms with Crippen LogP contribution in [0.3, 0.4) is 0 Å². The summed E-state index contributed by atoms with van der Waals surface area (Å²) in [5.74, 6) is 0.971. The lowest BCUT2D eigenvalue weighted by Crippen LogP contribution is -2.35. The van der Waals surface area contributed by atoms with E-state index < -0.39 is 18.8 Å². The summed E-state index contributed by atoms with van der Waals surface area (Å²) in [6.07, 6.45) is -1.15. The van der Waals surface area contributed by atoms with Crippen LogP contribution in [0.1, 0.15) is 18.3 Å². The summed E-state index contributed by atoms with van der Waals surface area (Å²) in [6.45, 7) is 3.39. The standard InChI is InChI=1S/C20H23N5O4/c1-3-19-22-23-24-25(19)16-8-15(14-6-4-13(2)5-7-14)9-18(10-16)29-20(28)21-11-17(27)12-26/h4-10,17,26-27H,3,11-12H2,1-2H3,(H,21,28). The third kappa shape index (κ3) is 5.15. The molecule has 0 aliphatic carbocycles. The second kappa shape index (κ2) is 9.26. The first-order valence-corrected chi connectivity index (χ1v) is 9.24. The molecule has 152 valence electrons. The molecule has 1 unspecified atom stereocenters. The number of aryl methyl sites for hydroxylation is 2. The number of hydrogen-bond donors (Lipinski definition) is 3. The second-order valence-electron chi connectivity index (χ2n) is 6.55. The predicted octanol–water partition coefficient (Wildman–Crippen LogP) is 1.64. The Balaban J connectivity index is 1.94. The molecule has 1 amide bonds. The van der Waals surface area contributed by atoms with Gasteiger partial charge in [0.05, 0.1) is 18.4 Å². The van der Waals surface area contributed by atoms with Crippen molar-refractivity contribution < 1.29 is 19.7 Å². The molecule has 0 spiro atoms. The molecule has 1 heterocycles. The lowest BCUT2D eigenvalue weighted by Gasteiger charge is -2.13. The van der Waals surface area contributed by atoms with Crippen molar-refractivity contribution in [1.29, 1.82) is 0 Å². The number of aliphatic hydroxyl groups is 2. The van der Waals surface area contributed by atoms with Gasteiger partial charge in [0, 0.05) is 19.0 Å². The van der Waals surface area contributed by atoms with Crippen LogP contribution >= 0.6 is 0 Å². The first-order valence-electron chi connectivity index (χ1n) is 9.24. The number of rotatable bonds is 7.